The summed E-state index contributed by atoms with van der Waals surface area (Å²) in [5.74, 6) is 0. The average Bonchev–Trinajstić information content (AvgIpc) is 2.98. The largest absolute Gasteiger partial charge is 0.388 e. The molecule has 4 nitrogen and oxygen atoms in total. The Labute approximate surface area is 219 Å². The van der Waals surface area contributed by atoms with E-state index in [1.165, 1.54) is 11.1 Å². The molecule has 0 spiro atoms. The van der Waals surface area contributed by atoms with E-state index in [0.29, 0.717) is 6.61 Å². The molecule has 4 rings (SSSR count). The number of benzene rings is 3. The fourth-order valence-electron chi connectivity index (χ4n) is 4.32. The van der Waals surface area contributed by atoms with Crippen molar-refractivity contribution in [2.75, 3.05) is 45.9 Å². The highest BCUT2D eigenvalue weighted by atomic mass is 16.5. The molecule has 1 atom stereocenters. The lowest BCUT2D eigenvalue weighted by atomic mass is 10.0. The summed E-state index contributed by atoms with van der Waals surface area (Å²) in [5, 5.41) is 10.4. The fourth-order valence-corrected chi connectivity index (χ4v) is 4.32. The second kappa shape index (κ2) is 17.9. The van der Waals surface area contributed by atoms with Gasteiger partial charge in [0.15, 0.2) is 0 Å². The number of nitrogens with zero attached hydrogens (tertiary/aromatic N) is 2. The molecular weight excluding hydrogens is 444 g/mol. The van der Waals surface area contributed by atoms with Crippen molar-refractivity contribution in [2.45, 2.75) is 46.3 Å². The SMILES string of the molecule is CC.CC.O[C@H](CCN1CCN(CCOC(c2ccccc2)c2ccccc2)CC1)c1ccccc1. The lowest BCUT2D eigenvalue weighted by Gasteiger charge is -2.35. The minimum Gasteiger partial charge on any atom is -0.388 e. The molecule has 3 aromatic carbocycles. The molecular formula is C32H46N2O2. The van der Waals surface area contributed by atoms with Crippen LogP contribution < -0.4 is 0 Å². The quantitative estimate of drug-likeness (QED) is 0.348. The second-order valence-corrected chi connectivity index (χ2v) is 8.47. The Kier molecular flexibility index (Phi) is 14.7. The van der Waals surface area contributed by atoms with Crippen molar-refractivity contribution >= 4 is 0 Å². The smallest absolute Gasteiger partial charge is 0.108 e. The summed E-state index contributed by atoms with van der Waals surface area (Å²) in [6, 6.07) is 30.9. The van der Waals surface area contributed by atoms with Crippen LogP contribution in [0.2, 0.25) is 0 Å². The lowest BCUT2D eigenvalue weighted by molar-refractivity contribution is 0.0426. The summed E-state index contributed by atoms with van der Waals surface area (Å²) >= 11 is 0. The molecule has 0 amide bonds. The van der Waals surface area contributed by atoms with Gasteiger partial charge in [0.1, 0.15) is 6.10 Å². The molecule has 1 aliphatic rings. The minimum atomic E-state index is -0.379. The average molecular weight is 491 g/mol. The van der Waals surface area contributed by atoms with Gasteiger partial charge in [-0.3, -0.25) is 4.90 Å². The lowest BCUT2D eigenvalue weighted by Crippen LogP contribution is -2.47. The molecule has 196 valence electrons. The Hall–Kier alpha value is -2.50. The predicted octanol–water partition coefficient (Wildman–Crippen LogP) is 6.59. The Morgan fingerprint density at radius 2 is 1.00 bits per heavy atom. The molecule has 0 aromatic heterocycles. The van der Waals surface area contributed by atoms with Gasteiger partial charge < -0.3 is 14.7 Å². The molecule has 36 heavy (non-hydrogen) atoms. The number of aliphatic hydroxyl groups excluding tert-OH is 1. The van der Waals surface area contributed by atoms with Gasteiger partial charge in [0.2, 0.25) is 0 Å². The van der Waals surface area contributed by atoms with Crippen LogP contribution in [0.5, 0.6) is 0 Å². The van der Waals surface area contributed by atoms with Gasteiger partial charge in [-0.2, -0.15) is 0 Å². The number of ether oxygens (including phenoxy) is 1. The van der Waals surface area contributed by atoms with Gasteiger partial charge in [-0.1, -0.05) is 119 Å². The van der Waals surface area contributed by atoms with Gasteiger partial charge in [-0.25, -0.2) is 0 Å². The first kappa shape index (κ1) is 29.7. The number of hydrogen-bond acceptors (Lipinski definition) is 4. The third-order valence-corrected chi connectivity index (χ3v) is 6.26. The molecule has 0 unspecified atom stereocenters. The zero-order chi connectivity index (χ0) is 26.0. The summed E-state index contributed by atoms with van der Waals surface area (Å²) in [7, 11) is 0. The minimum absolute atomic E-state index is 0.0295. The van der Waals surface area contributed by atoms with Gasteiger partial charge in [0.25, 0.3) is 0 Å². The molecule has 1 fully saturated rings. The zero-order valence-corrected chi connectivity index (χ0v) is 22.7. The van der Waals surface area contributed by atoms with Crippen molar-refractivity contribution in [1.29, 1.82) is 0 Å². The predicted molar refractivity (Wildman–Crippen MR) is 152 cm³/mol. The van der Waals surface area contributed by atoms with Gasteiger partial charge in [-0.05, 0) is 23.1 Å². The number of piperazine rings is 1. The van der Waals surface area contributed by atoms with Gasteiger partial charge in [-0.15, -0.1) is 0 Å². The Morgan fingerprint density at radius 1 is 0.611 bits per heavy atom. The highest BCUT2D eigenvalue weighted by Crippen LogP contribution is 2.25. The summed E-state index contributed by atoms with van der Waals surface area (Å²) < 4.78 is 6.38. The normalized spacial score (nSPS) is 14.8. The van der Waals surface area contributed by atoms with Crippen molar-refractivity contribution in [2.24, 2.45) is 0 Å². The molecule has 1 N–H and O–H groups in total. The molecule has 3 aromatic rings. The summed E-state index contributed by atoms with van der Waals surface area (Å²) in [4.78, 5) is 4.94. The number of aliphatic hydroxyl groups is 1. The van der Waals surface area contributed by atoms with E-state index in [1.807, 2.05) is 70.2 Å². The first-order chi connectivity index (χ1) is 17.8. The first-order valence-corrected chi connectivity index (χ1v) is 13.7. The van der Waals surface area contributed by atoms with E-state index < -0.39 is 0 Å². The first-order valence-electron chi connectivity index (χ1n) is 13.7. The maximum atomic E-state index is 10.4. The van der Waals surface area contributed by atoms with E-state index in [2.05, 4.69) is 58.3 Å². The Morgan fingerprint density at radius 3 is 1.44 bits per heavy atom. The molecule has 1 saturated heterocycles. The van der Waals surface area contributed by atoms with Crippen LogP contribution in [0.25, 0.3) is 0 Å². The summed E-state index contributed by atoms with van der Waals surface area (Å²) in [5.41, 5.74) is 3.40. The Bertz CT molecular complexity index is 858. The monoisotopic (exact) mass is 490 g/mol. The molecule has 1 aliphatic heterocycles. The van der Waals surface area contributed by atoms with Gasteiger partial charge in [0.05, 0.1) is 12.7 Å². The standard InChI is InChI=1S/C28H34N2O2.2C2H6/c31-27(24-10-4-1-5-11-24)16-17-29-18-20-30(21-19-29)22-23-32-28(25-12-6-2-7-13-25)26-14-8-3-9-15-26;2*1-2/h1-15,27-28,31H,16-23H2;2*1-2H3/t27-;;/m1../s1. The van der Waals surface area contributed by atoms with E-state index in [1.54, 1.807) is 0 Å². The van der Waals surface area contributed by atoms with Crippen molar-refractivity contribution in [3.63, 3.8) is 0 Å². The highest BCUT2D eigenvalue weighted by Gasteiger charge is 2.19. The van der Waals surface area contributed by atoms with E-state index in [9.17, 15) is 5.11 Å². The van der Waals surface area contributed by atoms with Crippen molar-refractivity contribution in [3.05, 3.63) is 108 Å². The molecule has 4 heteroatoms. The van der Waals surface area contributed by atoms with Crippen LogP contribution >= 0.6 is 0 Å². The summed E-state index contributed by atoms with van der Waals surface area (Å²) in [6.07, 6.45) is 0.372. The van der Waals surface area contributed by atoms with E-state index in [4.69, 9.17) is 4.74 Å². The van der Waals surface area contributed by atoms with E-state index >= 15 is 0 Å². The molecule has 1 heterocycles. The third kappa shape index (κ3) is 9.87. The van der Waals surface area contributed by atoms with Crippen LogP contribution in [0.1, 0.15) is 63.0 Å². The van der Waals surface area contributed by atoms with E-state index in [-0.39, 0.29) is 12.2 Å². The maximum Gasteiger partial charge on any atom is 0.108 e. The molecule has 0 bridgehead atoms. The highest BCUT2D eigenvalue weighted by molar-refractivity contribution is 5.29. The van der Waals surface area contributed by atoms with Gasteiger partial charge >= 0.3 is 0 Å². The third-order valence-electron chi connectivity index (χ3n) is 6.26. The van der Waals surface area contributed by atoms with Crippen LogP contribution in [-0.4, -0.2) is 60.8 Å². The Balaban J connectivity index is 0.00000109. The fraction of sp³-hybridized carbons (Fsp3) is 0.438. The van der Waals surface area contributed by atoms with Crippen LogP contribution in [0.15, 0.2) is 91.0 Å². The zero-order valence-electron chi connectivity index (χ0n) is 22.7. The maximum absolute atomic E-state index is 10.4. The topological polar surface area (TPSA) is 35.9 Å². The van der Waals surface area contributed by atoms with Crippen LogP contribution in [0.3, 0.4) is 0 Å². The summed E-state index contributed by atoms with van der Waals surface area (Å²) in [6.45, 7) is 14.8. The molecule has 0 saturated carbocycles. The van der Waals surface area contributed by atoms with Crippen molar-refractivity contribution < 1.29 is 9.84 Å². The van der Waals surface area contributed by atoms with E-state index in [0.717, 1.165) is 51.3 Å². The number of hydrogen-bond donors (Lipinski definition) is 1. The number of rotatable bonds is 10. The molecule has 0 aliphatic carbocycles. The second-order valence-electron chi connectivity index (χ2n) is 8.47. The van der Waals surface area contributed by atoms with Crippen molar-refractivity contribution in [3.8, 4) is 0 Å². The van der Waals surface area contributed by atoms with Crippen molar-refractivity contribution in [1.82, 2.24) is 9.80 Å². The van der Waals surface area contributed by atoms with Crippen LogP contribution in [-0.2, 0) is 4.74 Å². The van der Waals surface area contributed by atoms with Crippen LogP contribution in [0.4, 0.5) is 0 Å². The van der Waals surface area contributed by atoms with Gasteiger partial charge in [0, 0.05) is 39.3 Å². The molecule has 0 radical (unpaired) electrons. The van der Waals surface area contributed by atoms with Crippen LogP contribution in [0, 0.1) is 0 Å².